The van der Waals surface area contributed by atoms with Crippen LogP contribution in [0, 0.1) is 6.57 Å². The van der Waals surface area contributed by atoms with Crippen molar-refractivity contribution >= 4 is 16.6 Å². The number of likely N-dealkylation sites (tertiary alicyclic amines) is 1. The number of aromatic nitrogens is 4. The summed E-state index contributed by atoms with van der Waals surface area (Å²) in [5, 5.41) is 5.56. The zero-order valence-electron chi connectivity index (χ0n) is 18.2. The van der Waals surface area contributed by atoms with Crippen LogP contribution in [0.2, 0.25) is 0 Å². The summed E-state index contributed by atoms with van der Waals surface area (Å²) >= 11 is 0. The summed E-state index contributed by atoms with van der Waals surface area (Å²) < 4.78 is 9.34. The van der Waals surface area contributed by atoms with Gasteiger partial charge in [-0.25, -0.2) is 4.85 Å². The Bertz CT molecular complexity index is 1360. The Hall–Kier alpha value is -3.96. The molecule has 0 atom stereocenters. The highest BCUT2D eigenvalue weighted by Crippen LogP contribution is 2.19. The molecule has 1 fully saturated rings. The Morgan fingerprint density at radius 1 is 1.03 bits per heavy atom. The molecular formula is C25H24N6O2. The van der Waals surface area contributed by atoms with Crippen molar-refractivity contribution in [2.45, 2.75) is 26.0 Å². The maximum absolute atomic E-state index is 12.7. The van der Waals surface area contributed by atoms with E-state index in [0.29, 0.717) is 17.1 Å². The summed E-state index contributed by atoms with van der Waals surface area (Å²) in [5.41, 5.74) is 2.86. The molecule has 4 aromatic rings. The lowest BCUT2D eigenvalue weighted by molar-refractivity contribution is 0.300. The lowest BCUT2D eigenvalue weighted by Crippen LogP contribution is -2.24. The van der Waals surface area contributed by atoms with Gasteiger partial charge in [-0.1, -0.05) is 6.07 Å². The Kier molecular flexibility index (Phi) is 5.87. The molecule has 4 heterocycles. The van der Waals surface area contributed by atoms with Gasteiger partial charge >= 0.3 is 0 Å². The first-order valence-corrected chi connectivity index (χ1v) is 11.1. The predicted molar refractivity (Wildman–Crippen MR) is 126 cm³/mol. The van der Waals surface area contributed by atoms with Crippen molar-refractivity contribution < 1.29 is 4.74 Å². The van der Waals surface area contributed by atoms with Crippen LogP contribution in [0.25, 0.3) is 21.4 Å². The second-order valence-electron chi connectivity index (χ2n) is 8.14. The quantitative estimate of drug-likeness (QED) is 0.409. The number of nitrogens with zero attached hydrogens (tertiary/aromatic N) is 6. The lowest BCUT2D eigenvalue weighted by Gasteiger charge is -2.14. The van der Waals surface area contributed by atoms with Crippen LogP contribution in [0.3, 0.4) is 0 Å². The molecule has 0 amide bonds. The summed E-state index contributed by atoms with van der Waals surface area (Å²) in [7, 11) is 0. The number of pyridine rings is 2. The summed E-state index contributed by atoms with van der Waals surface area (Å²) in [5.74, 6) is 0.475. The molecule has 1 aliphatic heterocycles. The summed E-state index contributed by atoms with van der Waals surface area (Å²) in [6, 6.07) is 12.6. The topological polar surface area (TPSA) is 69.5 Å². The van der Waals surface area contributed by atoms with Gasteiger partial charge in [-0.2, -0.15) is 5.10 Å². The van der Waals surface area contributed by atoms with E-state index in [2.05, 4.69) is 19.8 Å². The maximum atomic E-state index is 12.7. The van der Waals surface area contributed by atoms with Gasteiger partial charge < -0.3 is 9.64 Å². The molecule has 0 radical (unpaired) electrons. The van der Waals surface area contributed by atoms with Crippen molar-refractivity contribution in [1.82, 2.24) is 24.2 Å². The van der Waals surface area contributed by atoms with Crippen LogP contribution < -0.4 is 10.3 Å². The summed E-state index contributed by atoms with van der Waals surface area (Å²) in [4.78, 5) is 22.7. The Labute approximate surface area is 191 Å². The molecule has 0 unspecified atom stereocenters. The molecular weight excluding hydrogens is 416 g/mol. The molecule has 1 aromatic carbocycles. The Morgan fingerprint density at radius 2 is 1.91 bits per heavy atom. The molecule has 5 rings (SSSR count). The number of benzene rings is 1. The standard InChI is InChI=1S/C25H24N6O2/c1-26-20-4-5-21(27-17-20)18-33-23-8-11-30(25(32)15-23)22-6-7-24-19(14-22)16-28-31(24)13-12-29-9-2-3-10-29/h4-8,11,14-17H,2-3,9-10,12-13,18H2. The second kappa shape index (κ2) is 9.27. The Morgan fingerprint density at radius 3 is 2.67 bits per heavy atom. The van der Waals surface area contributed by atoms with Gasteiger partial charge in [-0.15, -0.1) is 0 Å². The van der Waals surface area contributed by atoms with Crippen LogP contribution in [-0.2, 0) is 13.2 Å². The molecule has 0 N–H and O–H groups in total. The van der Waals surface area contributed by atoms with Gasteiger partial charge in [0.25, 0.3) is 5.56 Å². The highest BCUT2D eigenvalue weighted by Gasteiger charge is 2.12. The number of ether oxygens (including phenoxy) is 1. The van der Waals surface area contributed by atoms with Crippen LogP contribution in [0.1, 0.15) is 18.5 Å². The predicted octanol–water partition coefficient (Wildman–Crippen LogP) is 3.81. The fourth-order valence-electron chi connectivity index (χ4n) is 4.13. The van der Waals surface area contributed by atoms with Crippen LogP contribution in [0.15, 0.2) is 65.8 Å². The minimum atomic E-state index is -0.176. The van der Waals surface area contributed by atoms with E-state index in [1.807, 2.05) is 29.1 Å². The van der Waals surface area contributed by atoms with E-state index in [1.54, 1.807) is 29.0 Å². The summed E-state index contributed by atoms with van der Waals surface area (Å²) in [6.07, 6.45) is 7.65. The van der Waals surface area contributed by atoms with Crippen molar-refractivity contribution in [3.63, 3.8) is 0 Å². The van der Waals surface area contributed by atoms with Crippen molar-refractivity contribution in [1.29, 1.82) is 0 Å². The second-order valence-corrected chi connectivity index (χ2v) is 8.14. The molecule has 8 nitrogen and oxygen atoms in total. The smallest absolute Gasteiger partial charge is 0.258 e. The molecule has 1 saturated heterocycles. The molecule has 166 valence electrons. The van der Waals surface area contributed by atoms with Crippen molar-refractivity contribution in [3.8, 4) is 11.4 Å². The van der Waals surface area contributed by atoms with E-state index in [4.69, 9.17) is 11.3 Å². The molecule has 0 bridgehead atoms. The van der Waals surface area contributed by atoms with E-state index in [9.17, 15) is 4.79 Å². The van der Waals surface area contributed by atoms with Crippen LogP contribution in [0.4, 0.5) is 5.69 Å². The van der Waals surface area contributed by atoms with E-state index in [-0.39, 0.29) is 12.2 Å². The van der Waals surface area contributed by atoms with Crippen molar-refractivity contribution in [2.24, 2.45) is 0 Å². The number of hydrogen-bond donors (Lipinski definition) is 0. The number of fused-ring (bicyclic) bond motifs is 1. The molecule has 0 aliphatic carbocycles. The van der Waals surface area contributed by atoms with Crippen molar-refractivity contribution in [3.05, 3.63) is 88.5 Å². The third-order valence-electron chi connectivity index (χ3n) is 5.95. The molecule has 3 aromatic heterocycles. The first-order chi connectivity index (χ1) is 16.2. The van der Waals surface area contributed by atoms with E-state index >= 15 is 0 Å². The zero-order valence-corrected chi connectivity index (χ0v) is 18.2. The lowest BCUT2D eigenvalue weighted by atomic mass is 10.2. The van der Waals surface area contributed by atoms with Gasteiger partial charge in [-0.3, -0.25) is 19.0 Å². The molecule has 8 heteroatoms. The Balaban J connectivity index is 1.28. The zero-order chi connectivity index (χ0) is 22.6. The minimum absolute atomic E-state index is 0.176. The van der Waals surface area contributed by atoms with Crippen LogP contribution in [0.5, 0.6) is 5.75 Å². The summed E-state index contributed by atoms with van der Waals surface area (Å²) in [6.45, 7) is 11.4. The third kappa shape index (κ3) is 4.64. The third-order valence-corrected chi connectivity index (χ3v) is 5.95. The van der Waals surface area contributed by atoms with E-state index in [0.717, 1.165) is 29.7 Å². The molecule has 0 spiro atoms. The highest BCUT2D eigenvalue weighted by atomic mass is 16.5. The fraction of sp³-hybridized carbons (Fsp3) is 0.280. The first kappa shape index (κ1) is 20.9. The first-order valence-electron chi connectivity index (χ1n) is 11.1. The van der Waals surface area contributed by atoms with Gasteiger partial charge in [0.2, 0.25) is 5.69 Å². The van der Waals surface area contributed by atoms with Gasteiger partial charge in [0.05, 0.1) is 30.5 Å². The molecule has 1 aliphatic rings. The number of rotatable bonds is 7. The van der Waals surface area contributed by atoms with Gasteiger partial charge in [0, 0.05) is 36.1 Å². The normalized spacial score (nSPS) is 13.9. The fourth-order valence-corrected chi connectivity index (χ4v) is 4.13. The van der Waals surface area contributed by atoms with Crippen molar-refractivity contribution in [2.75, 3.05) is 19.6 Å². The molecule has 0 saturated carbocycles. The van der Waals surface area contributed by atoms with Gasteiger partial charge in [0.15, 0.2) is 0 Å². The monoisotopic (exact) mass is 440 g/mol. The number of hydrogen-bond acceptors (Lipinski definition) is 5. The average molecular weight is 441 g/mol. The average Bonchev–Trinajstić information content (AvgIpc) is 3.51. The largest absolute Gasteiger partial charge is 0.487 e. The highest BCUT2D eigenvalue weighted by molar-refractivity contribution is 5.80. The van der Waals surface area contributed by atoms with Crippen LogP contribution >= 0.6 is 0 Å². The SMILES string of the molecule is [C-]#[N+]c1ccc(COc2ccn(-c3ccc4c(cnn4CCN4CCCC4)c3)c(=O)c2)nc1. The van der Waals surface area contributed by atoms with Gasteiger partial charge in [-0.05, 0) is 56.3 Å². The van der Waals surface area contributed by atoms with E-state index in [1.165, 1.54) is 38.2 Å². The molecule has 33 heavy (non-hydrogen) atoms. The minimum Gasteiger partial charge on any atom is -0.487 e. The van der Waals surface area contributed by atoms with E-state index < -0.39 is 0 Å². The van der Waals surface area contributed by atoms with Crippen LogP contribution in [-0.4, -0.2) is 43.9 Å². The van der Waals surface area contributed by atoms with Gasteiger partial charge in [0.1, 0.15) is 12.4 Å². The maximum Gasteiger partial charge on any atom is 0.258 e.